The van der Waals surface area contributed by atoms with Gasteiger partial charge in [-0.1, -0.05) is 24.3 Å². The van der Waals surface area contributed by atoms with Crippen LogP contribution in [0.3, 0.4) is 0 Å². The van der Waals surface area contributed by atoms with Gasteiger partial charge in [-0.2, -0.15) is 5.10 Å². The number of ether oxygens (including phenoxy) is 1. The number of hydrazone groups is 1. The Kier molecular flexibility index (Phi) is 5.51. The van der Waals surface area contributed by atoms with Crippen LogP contribution in [0.5, 0.6) is 5.75 Å². The zero-order valence-corrected chi connectivity index (χ0v) is 13.1. The van der Waals surface area contributed by atoms with E-state index in [1.165, 1.54) is 0 Å². The number of carbonyl (C=O) groups is 1. The molecule has 0 aliphatic carbocycles. The lowest BCUT2D eigenvalue weighted by molar-refractivity contribution is 0.0954. The maximum Gasteiger partial charge on any atom is 0.272 e. The van der Waals surface area contributed by atoms with Crippen LogP contribution in [0.4, 0.5) is 0 Å². The molecule has 2 aromatic rings. The highest BCUT2D eigenvalue weighted by molar-refractivity contribution is 9.10. The number of carbonyl (C=O) groups excluding carboxylic acids is 1. The average molecular weight is 347 g/mol. The molecule has 0 radical (unpaired) electrons. The van der Waals surface area contributed by atoms with Gasteiger partial charge in [-0.05, 0) is 47.1 Å². The van der Waals surface area contributed by atoms with Crippen LogP contribution in [0.15, 0.2) is 58.1 Å². The summed E-state index contributed by atoms with van der Waals surface area (Å²) in [4.78, 5) is 12.0. The Balaban J connectivity index is 2.06. The van der Waals surface area contributed by atoms with E-state index in [0.29, 0.717) is 12.2 Å². The van der Waals surface area contributed by atoms with Crippen molar-refractivity contribution in [1.29, 1.82) is 0 Å². The Morgan fingerprint density at radius 2 is 1.95 bits per heavy atom. The molecule has 0 aromatic heterocycles. The second kappa shape index (κ2) is 7.59. The van der Waals surface area contributed by atoms with Gasteiger partial charge in [0.1, 0.15) is 5.75 Å². The van der Waals surface area contributed by atoms with Gasteiger partial charge in [0.2, 0.25) is 0 Å². The van der Waals surface area contributed by atoms with Gasteiger partial charge in [-0.3, -0.25) is 4.79 Å². The normalized spacial score (nSPS) is 10.6. The molecule has 0 heterocycles. The number of nitrogens with one attached hydrogen (secondary N) is 1. The monoisotopic (exact) mass is 346 g/mol. The van der Waals surface area contributed by atoms with Crippen LogP contribution in [0.1, 0.15) is 22.8 Å². The van der Waals surface area contributed by atoms with Crippen molar-refractivity contribution >= 4 is 28.1 Å². The summed E-state index contributed by atoms with van der Waals surface area (Å²) in [5.41, 5.74) is 3.85. The topological polar surface area (TPSA) is 50.7 Å². The smallest absolute Gasteiger partial charge is 0.272 e. The first-order valence-electron chi connectivity index (χ1n) is 6.52. The first-order chi connectivity index (χ1) is 10.2. The molecule has 0 atom stereocenters. The third-order valence-corrected chi connectivity index (χ3v) is 3.40. The molecule has 108 valence electrons. The van der Waals surface area contributed by atoms with Crippen LogP contribution in [0.2, 0.25) is 0 Å². The second-order valence-electron chi connectivity index (χ2n) is 4.15. The number of para-hydroxylation sites is 1. The van der Waals surface area contributed by atoms with Crippen LogP contribution < -0.4 is 10.2 Å². The number of halogens is 1. The maximum absolute atomic E-state index is 12.0. The molecule has 0 aliphatic heterocycles. The molecule has 2 rings (SSSR count). The molecule has 1 N–H and O–H groups in total. The van der Waals surface area contributed by atoms with E-state index in [9.17, 15) is 4.79 Å². The number of nitrogens with zero attached hydrogens (tertiary/aromatic N) is 1. The van der Waals surface area contributed by atoms with Crippen LogP contribution in [0.25, 0.3) is 0 Å². The predicted molar refractivity (Wildman–Crippen MR) is 86.8 cm³/mol. The van der Waals surface area contributed by atoms with Crippen molar-refractivity contribution in [2.75, 3.05) is 6.61 Å². The molecule has 0 unspecified atom stereocenters. The van der Waals surface area contributed by atoms with Crippen LogP contribution in [-0.4, -0.2) is 18.7 Å². The molecule has 0 fully saturated rings. The molecular weight excluding hydrogens is 332 g/mol. The van der Waals surface area contributed by atoms with E-state index in [1.54, 1.807) is 18.3 Å². The van der Waals surface area contributed by atoms with Crippen molar-refractivity contribution < 1.29 is 9.53 Å². The zero-order valence-electron chi connectivity index (χ0n) is 11.5. The molecule has 1 amide bonds. The minimum atomic E-state index is -0.271. The molecule has 21 heavy (non-hydrogen) atoms. The minimum Gasteiger partial charge on any atom is -0.493 e. The van der Waals surface area contributed by atoms with Gasteiger partial charge in [0.15, 0.2) is 0 Å². The van der Waals surface area contributed by atoms with Crippen molar-refractivity contribution in [2.45, 2.75) is 6.92 Å². The Morgan fingerprint density at radius 3 is 2.71 bits per heavy atom. The summed E-state index contributed by atoms with van der Waals surface area (Å²) in [6, 6.07) is 14.7. The Hall–Kier alpha value is -2.14. The third-order valence-electron chi connectivity index (χ3n) is 2.71. The molecule has 0 saturated carbocycles. The standard InChI is InChI=1S/C16H15BrN2O2/c1-2-21-15-10-6-3-7-12(15)11-18-19-16(20)13-8-4-5-9-14(13)17/h3-11H,2H2,1H3,(H,19,20). The lowest BCUT2D eigenvalue weighted by Gasteiger charge is -2.06. The summed E-state index contributed by atoms with van der Waals surface area (Å²) in [5.74, 6) is 0.464. The molecule has 0 aliphatic rings. The summed E-state index contributed by atoms with van der Waals surface area (Å²) in [5, 5.41) is 3.98. The van der Waals surface area contributed by atoms with Crippen molar-refractivity contribution in [2.24, 2.45) is 5.10 Å². The highest BCUT2D eigenvalue weighted by Crippen LogP contribution is 2.16. The van der Waals surface area contributed by atoms with Crippen molar-refractivity contribution in [3.8, 4) is 5.75 Å². The fourth-order valence-corrected chi connectivity index (χ4v) is 2.20. The van der Waals surface area contributed by atoms with E-state index >= 15 is 0 Å². The quantitative estimate of drug-likeness (QED) is 0.664. The fourth-order valence-electron chi connectivity index (χ4n) is 1.74. The number of benzene rings is 2. The summed E-state index contributed by atoms with van der Waals surface area (Å²) in [6.45, 7) is 2.50. The molecule has 0 saturated heterocycles. The molecule has 4 nitrogen and oxygen atoms in total. The Morgan fingerprint density at radius 1 is 1.24 bits per heavy atom. The molecule has 0 spiro atoms. The average Bonchev–Trinajstić information content (AvgIpc) is 2.49. The van der Waals surface area contributed by atoms with Gasteiger partial charge in [0, 0.05) is 10.0 Å². The Bertz CT molecular complexity index is 656. The number of hydrogen-bond donors (Lipinski definition) is 1. The summed E-state index contributed by atoms with van der Waals surface area (Å²) in [7, 11) is 0. The number of hydrogen-bond acceptors (Lipinski definition) is 3. The van der Waals surface area contributed by atoms with Crippen LogP contribution in [-0.2, 0) is 0 Å². The van der Waals surface area contributed by atoms with Crippen molar-refractivity contribution in [1.82, 2.24) is 5.43 Å². The van der Waals surface area contributed by atoms with E-state index in [1.807, 2.05) is 43.3 Å². The van der Waals surface area contributed by atoms with E-state index < -0.39 is 0 Å². The predicted octanol–water partition coefficient (Wildman–Crippen LogP) is 3.61. The SMILES string of the molecule is CCOc1ccccc1C=NNC(=O)c1ccccc1Br. The second-order valence-corrected chi connectivity index (χ2v) is 5.00. The molecular formula is C16H15BrN2O2. The van der Waals surface area contributed by atoms with Gasteiger partial charge in [-0.25, -0.2) is 5.43 Å². The van der Waals surface area contributed by atoms with Gasteiger partial charge in [0.05, 0.1) is 18.4 Å². The van der Waals surface area contributed by atoms with Crippen LogP contribution >= 0.6 is 15.9 Å². The largest absolute Gasteiger partial charge is 0.493 e. The Labute approximate surface area is 132 Å². The first kappa shape index (κ1) is 15.3. The van der Waals surface area contributed by atoms with Gasteiger partial charge < -0.3 is 4.74 Å². The highest BCUT2D eigenvalue weighted by Gasteiger charge is 2.07. The minimum absolute atomic E-state index is 0.271. The van der Waals surface area contributed by atoms with E-state index in [-0.39, 0.29) is 5.91 Å². The third kappa shape index (κ3) is 4.16. The van der Waals surface area contributed by atoms with Crippen molar-refractivity contribution in [3.05, 3.63) is 64.1 Å². The maximum atomic E-state index is 12.0. The summed E-state index contributed by atoms with van der Waals surface area (Å²) in [6.07, 6.45) is 1.57. The zero-order chi connectivity index (χ0) is 15.1. The van der Waals surface area contributed by atoms with Gasteiger partial charge >= 0.3 is 0 Å². The van der Waals surface area contributed by atoms with Crippen LogP contribution in [0, 0.1) is 0 Å². The van der Waals surface area contributed by atoms with Gasteiger partial charge in [-0.15, -0.1) is 0 Å². The summed E-state index contributed by atoms with van der Waals surface area (Å²) >= 11 is 3.33. The lowest BCUT2D eigenvalue weighted by atomic mass is 10.2. The van der Waals surface area contributed by atoms with E-state index in [2.05, 4.69) is 26.5 Å². The fraction of sp³-hybridized carbons (Fsp3) is 0.125. The van der Waals surface area contributed by atoms with E-state index in [0.717, 1.165) is 15.8 Å². The highest BCUT2D eigenvalue weighted by atomic mass is 79.9. The van der Waals surface area contributed by atoms with Gasteiger partial charge in [0.25, 0.3) is 5.91 Å². The lowest BCUT2D eigenvalue weighted by Crippen LogP contribution is -2.18. The number of rotatable bonds is 5. The van der Waals surface area contributed by atoms with Crippen molar-refractivity contribution in [3.63, 3.8) is 0 Å². The summed E-state index contributed by atoms with van der Waals surface area (Å²) < 4.78 is 6.22. The molecule has 0 bridgehead atoms. The molecule has 5 heteroatoms. The van der Waals surface area contributed by atoms with E-state index in [4.69, 9.17) is 4.74 Å². The first-order valence-corrected chi connectivity index (χ1v) is 7.31. The molecule has 2 aromatic carbocycles. The number of amides is 1.